The summed E-state index contributed by atoms with van der Waals surface area (Å²) in [5.41, 5.74) is 2.28. The molecule has 0 aliphatic carbocycles. The summed E-state index contributed by atoms with van der Waals surface area (Å²) in [4.78, 5) is 23.2. The number of nitrogens with one attached hydrogen (secondary N) is 1. The van der Waals surface area contributed by atoms with Crippen LogP contribution in [0.25, 0.3) is 0 Å². The normalized spacial score (nSPS) is 10.1. The van der Waals surface area contributed by atoms with Crippen LogP contribution in [0.3, 0.4) is 0 Å². The minimum atomic E-state index is -0.214. The fraction of sp³-hybridized carbons (Fsp3) is 0.222. The molecule has 1 N–H and O–H groups in total. The lowest BCUT2D eigenvalue weighted by Crippen LogP contribution is -2.13. The molecule has 0 spiro atoms. The second kappa shape index (κ2) is 7.41. The molecule has 2 aromatic rings. The number of rotatable bonds is 6. The van der Waals surface area contributed by atoms with Crippen molar-refractivity contribution in [2.45, 2.75) is 19.8 Å². The molecule has 0 aliphatic rings. The first-order chi connectivity index (χ1) is 10.6. The van der Waals surface area contributed by atoms with E-state index in [1.807, 2.05) is 30.3 Å². The molecule has 4 heteroatoms. The molecule has 4 nitrogen and oxygen atoms in total. The SMILES string of the molecule is COc1ccccc1C(=O)Nc1ccc(CCC(C)=O)cc1. The van der Waals surface area contributed by atoms with E-state index in [1.165, 1.54) is 7.11 Å². The lowest BCUT2D eigenvalue weighted by molar-refractivity contribution is -0.116. The molecular weight excluding hydrogens is 278 g/mol. The largest absolute Gasteiger partial charge is 0.496 e. The predicted molar refractivity (Wildman–Crippen MR) is 86.4 cm³/mol. The van der Waals surface area contributed by atoms with Gasteiger partial charge in [0.05, 0.1) is 12.7 Å². The van der Waals surface area contributed by atoms with Crippen LogP contribution in [-0.4, -0.2) is 18.8 Å². The molecule has 0 aromatic heterocycles. The molecule has 0 unspecified atom stereocenters. The molecule has 0 bridgehead atoms. The molecule has 0 atom stereocenters. The summed E-state index contributed by atoms with van der Waals surface area (Å²) in [6.45, 7) is 1.59. The number of benzene rings is 2. The number of carbonyl (C=O) groups is 2. The molecule has 1 amide bonds. The van der Waals surface area contributed by atoms with Crippen molar-refractivity contribution >= 4 is 17.4 Å². The molecule has 0 radical (unpaired) electrons. The van der Waals surface area contributed by atoms with E-state index in [1.54, 1.807) is 25.1 Å². The molecule has 2 rings (SSSR count). The third kappa shape index (κ3) is 4.19. The van der Waals surface area contributed by atoms with Crippen LogP contribution in [0.1, 0.15) is 29.3 Å². The molecule has 0 heterocycles. The van der Waals surface area contributed by atoms with Gasteiger partial charge in [-0.15, -0.1) is 0 Å². The summed E-state index contributed by atoms with van der Waals surface area (Å²) in [6.07, 6.45) is 1.25. The minimum Gasteiger partial charge on any atom is -0.496 e. The number of amides is 1. The maximum atomic E-state index is 12.3. The Morgan fingerprint density at radius 3 is 2.36 bits per heavy atom. The summed E-state index contributed by atoms with van der Waals surface area (Å²) in [6, 6.07) is 14.6. The zero-order valence-corrected chi connectivity index (χ0v) is 12.8. The highest BCUT2D eigenvalue weighted by molar-refractivity contribution is 6.06. The van der Waals surface area contributed by atoms with E-state index < -0.39 is 0 Å². The van der Waals surface area contributed by atoms with E-state index in [2.05, 4.69) is 5.32 Å². The van der Waals surface area contributed by atoms with Gasteiger partial charge in [0.1, 0.15) is 11.5 Å². The summed E-state index contributed by atoms with van der Waals surface area (Å²) in [5, 5.41) is 2.84. The number of ether oxygens (including phenoxy) is 1. The number of carbonyl (C=O) groups excluding carboxylic acids is 2. The Morgan fingerprint density at radius 1 is 1.05 bits per heavy atom. The van der Waals surface area contributed by atoms with Crippen LogP contribution in [0.4, 0.5) is 5.69 Å². The maximum absolute atomic E-state index is 12.3. The number of hydrogen-bond acceptors (Lipinski definition) is 3. The van der Waals surface area contributed by atoms with Crippen molar-refractivity contribution in [3.8, 4) is 5.75 Å². The van der Waals surface area contributed by atoms with E-state index in [-0.39, 0.29) is 11.7 Å². The number of methoxy groups -OCH3 is 1. The van der Waals surface area contributed by atoms with Crippen LogP contribution in [0, 0.1) is 0 Å². The highest BCUT2D eigenvalue weighted by Gasteiger charge is 2.11. The van der Waals surface area contributed by atoms with Crippen LogP contribution in [0.15, 0.2) is 48.5 Å². The topological polar surface area (TPSA) is 55.4 Å². The summed E-state index contributed by atoms with van der Waals surface area (Å²) in [5.74, 6) is 0.501. The standard InChI is InChI=1S/C18H19NO3/c1-13(20)7-8-14-9-11-15(12-10-14)19-18(21)16-5-3-4-6-17(16)22-2/h3-6,9-12H,7-8H2,1-2H3,(H,19,21). The third-order valence-electron chi connectivity index (χ3n) is 3.33. The number of aryl methyl sites for hydroxylation is 1. The van der Waals surface area contributed by atoms with Gasteiger partial charge in [0.15, 0.2) is 0 Å². The average molecular weight is 297 g/mol. The van der Waals surface area contributed by atoms with Gasteiger partial charge < -0.3 is 14.8 Å². The fourth-order valence-corrected chi connectivity index (χ4v) is 2.11. The first kappa shape index (κ1) is 15.8. The van der Waals surface area contributed by atoms with Gasteiger partial charge in [-0.3, -0.25) is 4.79 Å². The van der Waals surface area contributed by atoms with Crippen molar-refractivity contribution in [1.29, 1.82) is 0 Å². The number of para-hydroxylation sites is 1. The molecule has 114 valence electrons. The molecule has 0 fully saturated rings. The second-order valence-electron chi connectivity index (χ2n) is 5.05. The fourth-order valence-electron chi connectivity index (χ4n) is 2.11. The van der Waals surface area contributed by atoms with Gasteiger partial charge in [-0.05, 0) is 43.2 Å². The predicted octanol–water partition coefficient (Wildman–Crippen LogP) is 3.47. The monoisotopic (exact) mass is 297 g/mol. The van der Waals surface area contributed by atoms with Crippen LogP contribution < -0.4 is 10.1 Å². The van der Waals surface area contributed by atoms with Crippen LogP contribution >= 0.6 is 0 Å². The van der Waals surface area contributed by atoms with Crippen LogP contribution in [-0.2, 0) is 11.2 Å². The van der Waals surface area contributed by atoms with E-state index in [4.69, 9.17) is 4.74 Å². The van der Waals surface area contributed by atoms with Gasteiger partial charge in [-0.25, -0.2) is 0 Å². The Bertz CT molecular complexity index is 662. The Morgan fingerprint density at radius 2 is 1.73 bits per heavy atom. The quantitative estimate of drug-likeness (QED) is 0.888. The zero-order chi connectivity index (χ0) is 15.9. The number of hydrogen-bond donors (Lipinski definition) is 1. The summed E-state index contributed by atoms with van der Waals surface area (Å²) in [7, 11) is 1.54. The van der Waals surface area contributed by atoms with Crippen LogP contribution in [0.2, 0.25) is 0 Å². The van der Waals surface area contributed by atoms with Crippen molar-refractivity contribution in [3.05, 3.63) is 59.7 Å². The molecule has 0 saturated heterocycles. The maximum Gasteiger partial charge on any atom is 0.259 e. The van der Waals surface area contributed by atoms with Gasteiger partial charge >= 0.3 is 0 Å². The highest BCUT2D eigenvalue weighted by Crippen LogP contribution is 2.19. The summed E-state index contributed by atoms with van der Waals surface area (Å²) >= 11 is 0. The Labute approximate surface area is 130 Å². The van der Waals surface area contributed by atoms with Crippen molar-refractivity contribution in [2.75, 3.05) is 12.4 Å². The van der Waals surface area contributed by atoms with Gasteiger partial charge in [-0.2, -0.15) is 0 Å². The number of ketones is 1. The Balaban J connectivity index is 2.04. The van der Waals surface area contributed by atoms with E-state index in [9.17, 15) is 9.59 Å². The van der Waals surface area contributed by atoms with Gasteiger partial charge in [-0.1, -0.05) is 24.3 Å². The van der Waals surface area contributed by atoms with E-state index in [0.717, 1.165) is 12.0 Å². The molecule has 2 aromatic carbocycles. The Kier molecular flexibility index (Phi) is 5.31. The van der Waals surface area contributed by atoms with Crippen molar-refractivity contribution < 1.29 is 14.3 Å². The third-order valence-corrected chi connectivity index (χ3v) is 3.33. The lowest BCUT2D eigenvalue weighted by atomic mass is 10.1. The summed E-state index contributed by atoms with van der Waals surface area (Å²) < 4.78 is 5.18. The molecule has 0 aliphatic heterocycles. The molecule has 22 heavy (non-hydrogen) atoms. The van der Waals surface area contributed by atoms with Crippen molar-refractivity contribution in [1.82, 2.24) is 0 Å². The first-order valence-electron chi connectivity index (χ1n) is 7.13. The van der Waals surface area contributed by atoms with Gasteiger partial charge in [0.2, 0.25) is 0 Å². The molecular formula is C18H19NO3. The first-order valence-corrected chi connectivity index (χ1v) is 7.13. The average Bonchev–Trinajstić information content (AvgIpc) is 2.54. The molecule has 0 saturated carbocycles. The van der Waals surface area contributed by atoms with E-state index in [0.29, 0.717) is 23.4 Å². The Hall–Kier alpha value is -2.62. The number of Topliss-reactive ketones (excluding diaryl/α,β-unsaturated/α-hetero) is 1. The van der Waals surface area contributed by atoms with E-state index >= 15 is 0 Å². The second-order valence-corrected chi connectivity index (χ2v) is 5.05. The van der Waals surface area contributed by atoms with Gasteiger partial charge in [0, 0.05) is 12.1 Å². The smallest absolute Gasteiger partial charge is 0.259 e. The van der Waals surface area contributed by atoms with Crippen molar-refractivity contribution in [2.24, 2.45) is 0 Å². The van der Waals surface area contributed by atoms with Crippen LogP contribution in [0.5, 0.6) is 5.75 Å². The van der Waals surface area contributed by atoms with Crippen molar-refractivity contribution in [3.63, 3.8) is 0 Å². The highest BCUT2D eigenvalue weighted by atomic mass is 16.5. The number of anilines is 1. The minimum absolute atomic E-state index is 0.175. The zero-order valence-electron chi connectivity index (χ0n) is 12.8. The lowest BCUT2D eigenvalue weighted by Gasteiger charge is -2.09. The van der Waals surface area contributed by atoms with Gasteiger partial charge in [0.25, 0.3) is 5.91 Å².